The predicted molar refractivity (Wildman–Crippen MR) is 132 cm³/mol. The van der Waals surface area contributed by atoms with Gasteiger partial charge in [0.2, 0.25) is 0 Å². The van der Waals surface area contributed by atoms with E-state index in [0.29, 0.717) is 6.42 Å². The highest BCUT2D eigenvalue weighted by Crippen LogP contribution is 2.35. The Morgan fingerprint density at radius 1 is 0.812 bits per heavy atom. The number of carbonyl (C=O) groups is 1. The van der Waals surface area contributed by atoms with Crippen LogP contribution in [0.4, 0.5) is 0 Å². The molecule has 0 amide bonds. The van der Waals surface area contributed by atoms with Crippen molar-refractivity contribution in [3.8, 4) is 28.0 Å². The molecule has 0 heterocycles. The summed E-state index contributed by atoms with van der Waals surface area (Å²) in [7, 11) is 0. The first-order chi connectivity index (χ1) is 15.6. The summed E-state index contributed by atoms with van der Waals surface area (Å²) < 4.78 is 11.5. The molecule has 3 rings (SSSR count). The number of benzene rings is 3. The zero-order chi connectivity index (χ0) is 22.8. The van der Waals surface area contributed by atoms with E-state index >= 15 is 0 Å². The minimum Gasteiger partial charge on any atom is -0.494 e. The molecule has 0 aliphatic rings. The van der Waals surface area contributed by atoms with Gasteiger partial charge in [0, 0.05) is 6.42 Å². The van der Waals surface area contributed by atoms with Crippen LogP contribution in [0.25, 0.3) is 22.3 Å². The maximum Gasteiger partial charge on any atom is 0.306 e. The highest BCUT2D eigenvalue weighted by Gasteiger charge is 2.13. The summed E-state index contributed by atoms with van der Waals surface area (Å²) in [6.07, 6.45) is 4.90. The highest BCUT2D eigenvalue weighted by atomic mass is 16.5. The van der Waals surface area contributed by atoms with Crippen LogP contribution in [-0.2, 0) is 9.53 Å². The zero-order valence-corrected chi connectivity index (χ0v) is 19.5. The van der Waals surface area contributed by atoms with Gasteiger partial charge in [-0.1, -0.05) is 93.8 Å². The third kappa shape index (κ3) is 6.46. The fourth-order valence-corrected chi connectivity index (χ4v) is 3.72. The Morgan fingerprint density at radius 2 is 1.53 bits per heavy atom. The largest absolute Gasteiger partial charge is 0.494 e. The topological polar surface area (TPSA) is 35.5 Å². The monoisotopic (exact) mass is 430 g/mol. The molecule has 0 radical (unpaired) electrons. The summed E-state index contributed by atoms with van der Waals surface area (Å²) in [6, 6.07) is 25.0. The van der Waals surface area contributed by atoms with E-state index in [1.807, 2.05) is 32.0 Å². The van der Waals surface area contributed by atoms with Crippen molar-refractivity contribution >= 4 is 5.97 Å². The van der Waals surface area contributed by atoms with E-state index in [2.05, 4.69) is 61.5 Å². The molecule has 3 nitrogen and oxygen atoms in total. The zero-order valence-electron chi connectivity index (χ0n) is 19.5. The standard InChI is InChI=1S/C29H34O3/c1-4-6-7-11-20-31-26-18-19-27(28(21-26)24-12-9-8-10-13-24)25-16-14-23(15-17-25)22(3)32-29(30)5-2/h8-10,12-19,21-22H,4-7,11,20H2,1-3H3. The Bertz CT molecular complexity index is 977. The number of ether oxygens (including phenoxy) is 2. The van der Waals surface area contributed by atoms with E-state index in [0.717, 1.165) is 46.6 Å². The molecule has 0 saturated carbocycles. The highest BCUT2D eigenvalue weighted by molar-refractivity contribution is 5.84. The van der Waals surface area contributed by atoms with Crippen LogP contribution in [0.15, 0.2) is 72.8 Å². The number of hydrogen-bond donors (Lipinski definition) is 0. The first-order valence-electron chi connectivity index (χ1n) is 11.7. The van der Waals surface area contributed by atoms with Gasteiger partial charge in [0.25, 0.3) is 0 Å². The van der Waals surface area contributed by atoms with Crippen LogP contribution in [-0.4, -0.2) is 12.6 Å². The number of esters is 1. The van der Waals surface area contributed by atoms with E-state index in [-0.39, 0.29) is 12.1 Å². The minimum atomic E-state index is -0.256. The van der Waals surface area contributed by atoms with Gasteiger partial charge in [-0.15, -0.1) is 0 Å². The van der Waals surface area contributed by atoms with Crippen molar-refractivity contribution in [1.82, 2.24) is 0 Å². The fourth-order valence-electron chi connectivity index (χ4n) is 3.72. The normalized spacial score (nSPS) is 11.7. The third-order valence-electron chi connectivity index (χ3n) is 5.63. The van der Waals surface area contributed by atoms with Gasteiger partial charge in [0.1, 0.15) is 11.9 Å². The van der Waals surface area contributed by atoms with Crippen LogP contribution in [0.1, 0.15) is 64.5 Å². The Morgan fingerprint density at radius 3 is 2.22 bits per heavy atom. The lowest BCUT2D eigenvalue weighted by atomic mass is 9.93. The summed E-state index contributed by atoms with van der Waals surface area (Å²) in [6.45, 7) is 6.68. The molecule has 3 aromatic rings. The fraction of sp³-hybridized carbons (Fsp3) is 0.345. The Balaban J connectivity index is 1.84. The number of hydrogen-bond acceptors (Lipinski definition) is 3. The molecule has 3 heteroatoms. The predicted octanol–water partition coefficient (Wildman–Crippen LogP) is 7.99. The Hall–Kier alpha value is -3.07. The van der Waals surface area contributed by atoms with E-state index in [4.69, 9.17) is 9.47 Å². The first kappa shape index (κ1) is 23.6. The van der Waals surface area contributed by atoms with Gasteiger partial charge in [-0.2, -0.15) is 0 Å². The van der Waals surface area contributed by atoms with Gasteiger partial charge >= 0.3 is 5.97 Å². The molecule has 0 N–H and O–H groups in total. The van der Waals surface area contributed by atoms with Crippen molar-refractivity contribution in [3.05, 3.63) is 78.4 Å². The molecular weight excluding hydrogens is 396 g/mol. The maximum atomic E-state index is 11.6. The van der Waals surface area contributed by atoms with Crippen LogP contribution in [0.2, 0.25) is 0 Å². The van der Waals surface area contributed by atoms with E-state index in [1.165, 1.54) is 19.3 Å². The average Bonchev–Trinajstić information content (AvgIpc) is 2.84. The molecule has 3 aromatic carbocycles. The van der Waals surface area contributed by atoms with Gasteiger partial charge in [0.05, 0.1) is 6.61 Å². The van der Waals surface area contributed by atoms with Crippen molar-refractivity contribution in [3.63, 3.8) is 0 Å². The van der Waals surface area contributed by atoms with E-state index in [9.17, 15) is 4.79 Å². The van der Waals surface area contributed by atoms with Crippen molar-refractivity contribution in [2.45, 2.75) is 59.0 Å². The number of carbonyl (C=O) groups excluding carboxylic acids is 1. The lowest BCUT2D eigenvalue weighted by Gasteiger charge is -2.16. The molecule has 1 unspecified atom stereocenters. The van der Waals surface area contributed by atoms with Gasteiger partial charge < -0.3 is 9.47 Å². The van der Waals surface area contributed by atoms with Crippen molar-refractivity contribution in [1.29, 1.82) is 0 Å². The smallest absolute Gasteiger partial charge is 0.306 e. The second-order valence-electron chi connectivity index (χ2n) is 8.09. The van der Waals surface area contributed by atoms with Gasteiger partial charge in [-0.25, -0.2) is 0 Å². The van der Waals surface area contributed by atoms with Crippen LogP contribution < -0.4 is 4.74 Å². The molecule has 0 bridgehead atoms. The summed E-state index contributed by atoms with van der Waals surface area (Å²) in [4.78, 5) is 11.6. The second kappa shape index (κ2) is 12.1. The summed E-state index contributed by atoms with van der Waals surface area (Å²) >= 11 is 0. The molecule has 0 spiro atoms. The molecule has 0 saturated heterocycles. The molecule has 32 heavy (non-hydrogen) atoms. The molecule has 0 aliphatic heterocycles. The van der Waals surface area contributed by atoms with E-state index < -0.39 is 0 Å². The second-order valence-corrected chi connectivity index (χ2v) is 8.09. The minimum absolute atomic E-state index is 0.182. The number of unbranched alkanes of at least 4 members (excludes halogenated alkanes) is 3. The SMILES string of the molecule is CCCCCCOc1ccc(-c2ccc(C(C)OC(=O)CC)cc2)c(-c2ccccc2)c1. The Labute approximate surface area is 192 Å². The van der Waals surface area contributed by atoms with Crippen molar-refractivity contribution in [2.75, 3.05) is 6.61 Å². The van der Waals surface area contributed by atoms with Gasteiger partial charge in [0.15, 0.2) is 0 Å². The summed E-state index contributed by atoms with van der Waals surface area (Å²) in [5.41, 5.74) is 5.57. The molecule has 0 fully saturated rings. The molecule has 0 aliphatic carbocycles. The summed E-state index contributed by atoms with van der Waals surface area (Å²) in [5.74, 6) is 0.721. The van der Waals surface area contributed by atoms with Gasteiger partial charge in [-0.05, 0) is 53.3 Å². The lowest BCUT2D eigenvalue weighted by Crippen LogP contribution is -2.07. The van der Waals surface area contributed by atoms with Crippen molar-refractivity contribution < 1.29 is 14.3 Å². The average molecular weight is 431 g/mol. The quantitative estimate of drug-likeness (QED) is 0.228. The Kier molecular flexibility index (Phi) is 8.91. The molecular formula is C29H34O3. The lowest BCUT2D eigenvalue weighted by molar-refractivity contribution is -0.148. The van der Waals surface area contributed by atoms with Crippen LogP contribution in [0.5, 0.6) is 5.75 Å². The molecule has 168 valence electrons. The van der Waals surface area contributed by atoms with Crippen molar-refractivity contribution in [2.24, 2.45) is 0 Å². The van der Waals surface area contributed by atoms with Crippen LogP contribution in [0, 0.1) is 0 Å². The van der Waals surface area contributed by atoms with Crippen LogP contribution >= 0.6 is 0 Å². The number of rotatable bonds is 11. The van der Waals surface area contributed by atoms with E-state index in [1.54, 1.807) is 0 Å². The third-order valence-corrected chi connectivity index (χ3v) is 5.63. The maximum absolute atomic E-state index is 11.6. The molecule has 1 atom stereocenters. The van der Waals surface area contributed by atoms with Crippen LogP contribution in [0.3, 0.4) is 0 Å². The van der Waals surface area contributed by atoms with Gasteiger partial charge in [-0.3, -0.25) is 4.79 Å². The molecule has 0 aromatic heterocycles. The summed E-state index contributed by atoms with van der Waals surface area (Å²) in [5, 5.41) is 0. The first-order valence-corrected chi connectivity index (χ1v) is 11.7.